The molecule has 0 heterocycles. The van der Waals surface area contributed by atoms with Crippen molar-refractivity contribution >= 4 is 0 Å². The molecule has 0 spiro atoms. The van der Waals surface area contributed by atoms with Gasteiger partial charge in [0.25, 0.3) is 0 Å². The first-order chi connectivity index (χ1) is 6.36. The molecule has 0 bridgehead atoms. The van der Waals surface area contributed by atoms with Gasteiger partial charge in [-0.3, -0.25) is 0 Å². The summed E-state index contributed by atoms with van der Waals surface area (Å²) in [5.74, 6) is 0.901. The molecular formula is C13H19O. The van der Waals surface area contributed by atoms with Gasteiger partial charge in [0.2, 0.25) is 0 Å². The minimum Gasteiger partial charge on any atom is -0.489 e. The highest BCUT2D eigenvalue weighted by Gasteiger charge is 2.16. The van der Waals surface area contributed by atoms with Crippen LogP contribution in [0, 0.1) is 21.0 Å². The predicted molar refractivity (Wildman–Crippen MR) is 60.6 cm³/mol. The molecule has 14 heavy (non-hydrogen) atoms. The van der Waals surface area contributed by atoms with Crippen LogP contribution < -0.4 is 4.74 Å². The first-order valence-electron chi connectivity index (χ1n) is 4.90. The normalized spacial score (nSPS) is 11.6. The van der Waals surface area contributed by atoms with Gasteiger partial charge in [-0.15, -0.1) is 0 Å². The lowest BCUT2D eigenvalue weighted by Gasteiger charge is -2.21. The Bertz CT molecular complexity index is 309. The van der Waals surface area contributed by atoms with Crippen LogP contribution in [0.2, 0.25) is 0 Å². The number of ether oxygens (including phenoxy) is 1. The molecule has 1 aromatic rings. The number of benzene rings is 1. The zero-order valence-corrected chi connectivity index (χ0v) is 9.77. The first kappa shape index (κ1) is 11.1. The summed E-state index contributed by atoms with van der Waals surface area (Å²) in [5.41, 5.74) is 3.85. The van der Waals surface area contributed by atoms with E-state index in [0.29, 0.717) is 0 Å². The van der Waals surface area contributed by atoms with E-state index in [0.717, 1.165) is 16.9 Å². The third kappa shape index (κ3) is 2.09. The van der Waals surface area contributed by atoms with Gasteiger partial charge in [-0.2, -0.15) is 0 Å². The maximum atomic E-state index is 5.09. The number of aryl methyl sites for hydroxylation is 2. The summed E-state index contributed by atoms with van der Waals surface area (Å²) in [6.45, 7) is 10.8. The second-order valence-corrected chi connectivity index (χ2v) is 4.83. The fraction of sp³-hybridized carbons (Fsp3) is 0.462. The molecule has 77 valence electrons. The molecule has 1 radical (unpaired) electrons. The fourth-order valence-corrected chi connectivity index (χ4v) is 1.61. The van der Waals surface area contributed by atoms with Crippen LogP contribution in [0.4, 0.5) is 0 Å². The molecule has 0 fully saturated rings. The van der Waals surface area contributed by atoms with Crippen molar-refractivity contribution in [2.75, 3.05) is 0 Å². The Morgan fingerprint density at radius 2 is 1.50 bits per heavy atom. The van der Waals surface area contributed by atoms with Gasteiger partial charge in [-0.25, -0.2) is 0 Å². The van der Waals surface area contributed by atoms with Gasteiger partial charge < -0.3 is 4.74 Å². The maximum Gasteiger partial charge on any atom is 0.125 e. The molecule has 0 atom stereocenters. The van der Waals surface area contributed by atoms with Crippen molar-refractivity contribution in [3.05, 3.63) is 35.9 Å². The van der Waals surface area contributed by atoms with Crippen LogP contribution in [0.15, 0.2) is 12.1 Å². The highest BCUT2D eigenvalue weighted by molar-refractivity contribution is 5.45. The molecule has 0 saturated heterocycles. The van der Waals surface area contributed by atoms with Gasteiger partial charge >= 0.3 is 0 Å². The van der Waals surface area contributed by atoms with Gasteiger partial charge in [0.1, 0.15) is 12.9 Å². The quantitative estimate of drug-likeness (QED) is 0.656. The van der Waals surface area contributed by atoms with E-state index < -0.39 is 0 Å². The molecule has 0 N–H and O–H groups in total. The molecule has 0 amide bonds. The van der Waals surface area contributed by atoms with Gasteiger partial charge in [0.05, 0.1) is 0 Å². The molecule has 1 heteroatoms. The summed E-state index contributed by atoms with van der Waals surface area (Å²) in [7, 11) is 3.47. The Morgan fingerprint density at radius 1 is 1.07 bits per heavy atom. The topological polar surface area (TPSA) is 9.23 Å². The number of hydrogen-bond acceptors (Lipinski definition) is 1. The average Bonchev–Trinajstić information content (AvgIpc) is 2.01. The van der Waals surface area contributed by atoms with Crippen molar-refractivity contribution < 1.29 is 4.74 Å². The molecule has 0 aliphatic rings. The monoisotopic (exact) mass is 191 g/mol. The van der Waals surface area contributed by atoms with E-state index in [9.17, 15) is 0 Å². The zero-order chi connectivity index (χ0) is 10.9. The lowest BCUT2D eigenvalue weighted by atomic mass is 9.85. The maximum absolute atomic E-state index is 5.09. The smallest absolute Gasteiger partial charge is 0.125 e. The molecular weight excluding hydrogens is 172 g/mol. The van der Waals surface area contributed by atoms with Crippen molar-refractivity contribution in [2.45, 2.75) is 40.0 Å². The van der Waals surface area contributed by atoms with E-state index in [1.165, 1.54) is 5.56 Å². The second kappa shape index (κ2) is 3.64. The van der Waals surface area contributed by atoms with Crippen LogP contribution in [-0.4, -0.2) is 0 Å². The molecule has 0 aliphatic carbocycles. The Labute approximate surface area is 87.1 Å². The number of hydrogen-bond donors (Lipinski definition) is 0. The Hall–Kier alpha value is -0.980. The van der Waals surface area contributed by atoms with Gasteiger partial charge in [-0.05, 0) is 36.0 Å². The summed E-state index contributed by atoms with van der Waals surface area (Å²) in [5, 5.41) is 0. The highest BCUT2D eigenvalue weighted by atomic mass is 16.5. The first-order valence-corrected chi connectivity index (χ1v) is 4.90. The van der Waals surface area contributed by atoms with Crippen molar-refractivity contribution in [3.8, 4) is 5.75 Å². The van der Waals surface area contributed by atoms with Crippen molar-refractivity contribution in [1.29, 1.82) is 0 Å². The van der Waals surface area contributed by atoms with Crippen LogP contribution in [0.25, 0.3) is 0 Å². The van der Waals surface area contributed by atoms with Crippen molar-refractivity contribution in [3.63, 3.8) is 0 Å². The van der Waals surface area contributed by atoms with Gasteiger partial charge in [-0.1, -0.05) is 32.9 Å². The third-order valence-corrected chi connectivity index (χ3v) is 2.47. The molecule has 1 rings (SSSR count). The third-order valence-electron chi connectivity index (χ3n) is 2.47. The van der Waals surface area contributed by atoms with Crippen LogP contribution in [-0.2, 0) is 5.41 Å². The standard InChI is InChI=1S/C13H19O/c1-9-7-11(13(3,4)5)8-10(2)12(9)14-6/h7-8H,6H2,1-5H3. The SMILES string of the molecule is [CH2]Oc1c(C)cc(C(C)(C)C)cc1C. The van der Waals surface area contributed by atoms with Crippen LogP contribution >= 0.6 is 0 Å². The molecule has 0 saturated carbocycles. The summed E-state index contributed by atoms with van der Waals surface area (Å²) >= 11 is 0. The summed E-state index contributed by atoms with van der Waals surface area (Å²) < 4.78 is 5.09. The molecule has 1 nitrogen and oxygen atoms in total. The summed E-state index contributed by atoms with van der Waals surface area (Å²) in [4.78, 5) is 0. The minimum atomic E-state index is 0.190. The summed E-state index contributed by atoms with van der Waals surface area (Å²) in [6, 6.07) is 4.35. The van der Waals surface area contributed by atoms with Crippen molar-refractivity contribution in [1.82, 2.24) is 0 Å². The van der Waals surface area contributed by atoms with Crippen LogP contribution in [0.1, 0.15) is 37.5 Å². The van der Waals surface area contributed by atoms with E-state index >= 15 is 0 Å². The second-order valence-electron chi connectivity index (χ2n) is 4.83. The zero-order valence-electron chi connectivity index (χ0n) is 9.77. The largest absolute Gasteiger partial charge is 0.489 e. The highest BCUT2D eigenvalue weighted by Crippen LogP contribution is 2.30. The molecule has 0 unspecified atom stereocenters. The van der Waals surface area contributed by atoms with Crippen LogP contribution in [0.3, 0.4) is 0 Å². The van der Waals surface area contributed by atoms with E-state index in [-0.39, 0.29) is 5.41 Å². The molecule has 0 aliphatic heterocycles. The van der Waals surface area contributed by atoms with Crippen LogP contribution in [0.5, 0.6) is 5.75 Å². The van der Waals surface area contributed by atoms with E-state index in [1.54, 1.807) is 0 Å². The lowest BCUT2D eigenvalue weighted by Crippen LogP contribution is -2.11. The molecule has 0 aromatic heterocycles. The lowest BCUT2D eigenvalue weighted by molar-refractivity contribution is 0.464. The Morgan fingerprint density at radius 3 is 1.79 bits per heavy atom. The van der Waals surface area contributed by atoms with Gasteiger partial charge in [0, 0.05) is 0 Å². The Kier molecular flexibility index (Phi) is 2.89. The molecule has 1 aromatic carbocycles. The van der Waals surface area contributed by atoms with Crippen molar-refractivity contribution in [2.24, 2.45) is 0 Å². The Balaban J connectivity index is 3.28. The minimum absolute atomic E-state index is 0.190. The predicted octanol–water partition coefficient (Wildman–Crippen LogP) is 3.77. The fourth-order valence-electron chi connectivity index (χ4n) is 1.61. The van der Waals surface area contributed by atoms with E-state index in [1.807, 2.05) is 0 Å². The summed E-state index contributed by atoms with van der Waals surface area (Å²) in [6.07, 6.45) is 0. The van der Waals surface area contributed by atoms with E-state index in [2.05, 4.69) is 53.9 Å². The van der Waals surface area contributed by atoms with Gasteiger partial charge in [0.15, 0.2) is 0 Å². The number of rotatable bonds is 1. The average molecular weight is 191 g/mol. The van der Waals surface area contributed by atoms with E-state index in [4.69, 9.17) is 4.74 Å².